The SMILES string of the molecule is O=C(NN(C1O[C@H](CO)[C@@H](O)[C@H]1O)P(=O)(O)O)c1ncc[nH]1. The van der Waals surface area contributed by atoms with Crippen molar-refractivity contribution in [3.05, 3.63) is 18.2 Å². The van der Waals surface area contributed by atoms with Crippen LogP contribution >= 0.6 is 7.75 Å². The van der Waals surface area contributed by atoms with Gasteiger partial charge in [0.05, 0.1) is 6.61 Å². The van der Waals surface area contributed by atoms with Crippen LogP contribution in [-0.2, 0) is 9.30 Å². The fourth-order valence-electron chi connectivity index (χ4n) is 1.91. The third-order valence-electron chi connectivity index (χ3n) is 2.97. The second-order valence-corrected chi connectivity index (χ2v) is 5.92. The maximum atomic E-state index is 11.8. The number of imidazole rings is 1. The Morgan fingerprint density at radius 1 is 1.45 bits per heavy atom. The maximum absolute atomic E-state index is 11.8. The number of aliphatic hydroxyl groups is 3. The molecule has 0 bridgehead atoms. The van der Waals surface area contributed by atoms with Crippen LogP contribution in [0.1, 0.15) is 10.6 Å². The number of carbonyl (C=O) groups is 1. The Balaban J connectivity index is 2.21. The second kappa shape index (κ2) is 6.40. The van der Waals surface area contributed by atoms with E-state index in [4.69, 9.17) is 9.84 Å². The summed E-state index contributed by atoms with van der Waals surface area (Å²) in [4.78, 5) is 36.5. The molecule has 1 aliphatic heterocycles. The molecule has 1 aromatic rings. The van der Waals surface area contributed by atoms with E-state index in [0.717, 1.165) is 0 Å². The molecular formula is C9H15N4O8P. The smallest absolute Gasteiger partial charge is 0.394 e. The first-order chi connectivity index (χ1) is 10.3. The molecule has 0 saturated carbocycles. The summed E-state index contributed by atoms with van der Waals surface area (Å²) in [6.45, 7) is -0.685. The number of nitrogens with one attached hydrogen (secondary N) is 2. The van der Waals surface area contributed by atoms with E-state index in [0.29, 0.717) is 0 Å². The van der Waals surface area contributed by atoms with Crippen LogP contribution in [0.15, 0.2) is 12.4 Å². The number of ether oxygens (including phenoxy) is 1. The molecule has 124 valence electrons. The number of nitrogens with zero attached hydrogens (tertiary/aromatic N) is 2. The molecule has 0 radical (unpaired) electrons. The number of H-pyrrole nitrogens is 1. The number of hydrogen-bond donors (Lipinski definition) is 7. The van der Waals surface area contributed by atoms with Crippen molar-refractivity contribution in [3.63, 3.8) is 0 Å². The summed E-state index contributed by atoms with van der Waals surface area (Å²) in [6, 6.07) is 0. The standard InChI is InChI=1S/C9H15N4O8P/c14-3-4-5(15)6(16)9(21-4)13(22(18,19)20)12-8(17)7-10-1-2-11-7/h1-2,4-6,9,14-16H,3H2,(H,10,11)(H,12,17)(H2,18,19,20)/t4-,5-,6-,9?/m1/s1. The van der Waals surface area contributed by atoms with Gasteiger partial charge in [0, 0.05) is 12.4 Å². The number of hydrogen-bond acceptors (Lipinski definition) is 7. The van der Waals surface area contributed by atoms with Crippen molar-refractivity contribution in [2.45, 2.75) is 24.5 Å². The zero-order valence-electron chi connectivity index (χ0n) is 11.0. The van der Waals surface area contributed by atoms with E-state index in [2.05, 4.69) is 9.97 Å². The summed E-state index contributed by atoms with van der Waals surface area (Å²) < 4.78 is 16.6. The van der Waals surface area contributed by atoms with Crippen LogP contribution in [-0.4, -0.2) is 76.9 Å². The number of aliphatic hydroxyl groups excluding tert-OH is 3. The van der Waals surface area contributed by atoms with Crippen LogP contribution in [0.5, 0.6) is 0 Å². The Morgan fingerprint density at radius 2 is 2.14 bits per heavy atom. The Hall–Kier alpha value is -1.37. The normalized spacial score (nSPS) is 29.0. The summed E-state index contributed by atoms with van der Waals surface area (Å²) in [6.07, 6.45) is -3.78. The quantitative estimate of drug-likeness (QED) is 0.214. The molecule has 22 heavy (non-hydrogen) atoms. The van der Waals surface area contributed by atoms with Gasteiger partial charge in [-0.25, -0.2) is 9.55 Å². The molecule has 4 atom stereocenters. The van der Waals surface area contributed by atoms with E-state index in [1.54, 1.807) is 0 Å². The van der Waals surface area contributed by atoms with Crippen LogP contribution in [0.2, 0.25) is 0 Å². The van der Waals surface area contributed by atoms with Gasteiger partial charge in [-0.15, -0.1) is 0 Å². The highest BCUT2D eigenvalue weighted by Crippen LogP contribution is 2.43. The molecule has 1 aliphatic rings. The van der Waals surface area contributed by atoms with Crippen LogP contribution in [0, 0.1) is 0 Å². The lowest BCUT2D eigenvalue weighted by atomic mass is 10.1. The Bertz CT molecular complexity index is 562. The van der Waals surface area contributed by atoms with Crippen molar-refractivity contribution in [1.82, 2.24) is 20.2 Å². The molecule has 1 amide bonds. The average molecular weight is 338 g/mol. The van der Waals surface area contributed by atoms with Crippen molar-refractivity contribution in [2.75, 3.05) is 6.61 Å². The van der Waals surface area contributed by atoms with Gasteiger partial charge in [0.15, 0.2) is 12.1 Å². The lowest BCUT2D eigenvalue weighted by Crippen LogP contribution is -2.51. The molecule has 2 rings (SSSR count). The van der Waals surface area contributed by atoms with Crippen molar-refractivity contribution < 1.29 is 39.2 Å². The molecule has 1 unspecified atom stereocenters. The molecule has 7 N–H and O–H groups in total. The van der Waals surface area contributed by atoms with Crippen LogP contribution in [0.25, 0.3) is 0 Å². The Morgan fingerprint density at radius 3 is 2.59 bits per heavy atom. The van der Waals surface area contributed by atoms with E-state index in [1.165, 1.54) is 12.4 Å². The summed E-state index contributed by atoms with van der Waals surface area (Å²) >= 11 is 0. The zero-order valence-corrected chi connectivity index (χ0v) is 11.9. The first-order valence-electron chi connectivity index (χ1n) is 6.03. The van der Waals surface area contributed by atoms with E-state index in [9.17, 15) is 29.4 Å². The Labute approximate surface area is 123 Å². The lowest BCUT2D eigenvalue weighted by Gasteiger charge is -2.29. The molecule has 0 spiro atoms. The van der Waals surface area contributed by atoms with Gasteiger partial charge in [0.25, 0.3) is 0 Å². The van der Waals surface area contributed by atoms with Gasteiger partial charge >= 0.3 is 13.7 Å². The molecule has 2 heterocycles. The highest BCUT2D eigenvalue weighted by molar-refractivity contribution is 7.49. The van der Waals surface area contributed by atoms with E-state index in [-0.39, 0.29) is 10.6 Å². The molecule has 1 aromatic heterocycles. The maximum Gasteiger partial charge on any atom is 0.423 e. The van der Waals surface area contributed by atoms with Crippen molar-refractivity contribution in [1.29, 1.82) is 0 Å². The molecule has 12 nitrogen and oxygen atoms in total. The van der Waals surface area contributed by atoms with E-state index < -0.39 is 44.8 Å². The van der Waals surface area contributed by atoms with E-state index in [1.807, 2.05) is 5.43 Å². The highest BCUT2D eigenvalue weighted by Gasteiger charge is 2.50. The first-order valence-corrected chi connectivity index (χ1v) is 7.60. The number of amides is 1. The van der Waals surface area contributed by atoms with Crippen LogP contribution in [0.3, 0.4) is 0 Å². The minimum absolute atomic E-state index is 0.0708. The fourth-order valence-corrected chi connectivity index (χ4v) is 2.61. The average Bonchev–Trinajstić information content (AvgIpc) is 3.06. The number of aromatic nitrogens is 2. The van der Waals surface area contributed by atoms with Crippen molar-refractivity contribution >= 4 is 13.7 Å². The lowest BCUT2D eigenvalue weighted by molar-refractivity contribution is -0.0855. The summed E-state index contributed by atoms with van der Waals surface area (Å²) in [5.41, 5.74) is 1.86. The molecule has 0 aliphatic carbocycles. The largest absolute Gasteiger partial charge is 0.423 e. The summed E-state index contributed by atoms with van der Waals surface area (Å²) in [7, 11) is -5.10. The van der Waals surface area contributed by atoms with Gasteiger partial charge in [-0.3, -0.25) is 10.2 Å². The predicted octanol–water partition coefficient (Wildman–Crippen LogP) is -3.11. The number of hydrazine groups is 1. The predicted molar refractivity (Wildman–Crippen MR) is 67.7 cm³/mol. The molecular weight excluding hydrogens is 323 g/mol. The third-order valence-corrected chi connectivity index (χ3v) is 3.86. The van der Waals surface area contributed by atoms with Gasteiger partial charge in [-0.05, 0) is 0 Å². The Kier molecular flexibility index (Phi) is 4.94. The van der Waals surface area contributed by atoms with E-state index >= 15 is 0 Å². The first kappa shape index (κ1) is 17.0. The van der Waals surface area contributed by atoms with Crippen molar-refractivity contribution in [3.8, 4) is 0 Å². The number of carbonyl (C=O) groups excluding carboxylic acids is 1. The van der Waals surface area contributed by atoms with Gasteiger partial charge in [0.2, 0.25) is 0 Å². The third kappa shape index (κ3) is 3.34. The monoisotopic (exact) mass is 338 g/mol. The van der Waals surface area contributed by atoms with Gasteiger partial charge < -0.3 is 34.8 Å². The van der Waals surface area contributed by atoms with Crippen molar-refractivity contribution in [2.24, 2.45) is 0 Å². The van der Waals surface area contributed by atoms with Gasteiger partial charge in [-0.1, -0.05) is 4.78 Å². The second-order valence-electron chi connectivity index (χ2n) is 4.47. The topological polar surface area (TPSA) is 188 Å². The minimum Gasteiger partial charge on any atom is -0.394 e. The minimum atomic E-state index is -5.10. The fraction of sp³-hybridized carbons (Fsp3) is 0.556. The van der Waals surface area contributed by atoms with Crippen LogP contribution < -0.4 is 5.43 Å². The molecule has 1 saturated heterocycles. The molecule has 13 heteroatoms. The van der Waals surface area contributed by atoms with Gasteiger partial charge in [0.1, 0.15) is 18.3 Å². The number of aromatic amines is 1. The number of rotatable bonds is 5. The summed E-state index contributed by atoms with van der Waals surface area (Å²) in [5.74, 6) is -1.23. The van der Waals surface area contributed by atoms with Crippen LogP contribution in [0.4, 0.5) is 0 Å². The highest BCUT2D eigenvalue weighted by atomic mass is 31.2. The zero-order chi connectivity index (χ0) is 16.5. The molecule has 0 aromatic carbocycles. The van der Waals surface area contributed by atoms with Gasteiger partial charge in [-0.2, -0.15) is 0 Å². The molecule has 1 fully saturated rings. The summed E-state index contributed by atoms with van der Waals surface area (Å²) in [5, 5.41) is 28.4.